The van der Waals surface area contributed by atoms with Crippen LogP contribution in [0.3, 0.4) is 0 Å². The highest BCUT2D eigenvalue weighted by Crippen LogP contribution is 2.46. The maximum absolute atomic E-state index is 6.24. The molecule has 0 unspecified atom stereocenters. The second kappa shape index (κ2) is 9.75. The molecule has 0 amide bonds. The van der Waals surface area contributed by atoms with Gasteiger partial charge in [-0.1, -0.05) is 115 Å². The van der Waals surface area contributed by atoms with Crippen molar-refractivity contribution in [1.82, 2.24) is 20.4 Å². The predicted molar refractivity (Wildman–Crippen MR) is 178 cm³/mol. The zero-order valence-corrected chi connectivity index (χ0v) is 23.5. The Balaban J connectivity index is 1.38. The van der Waals surface area contributed by atoms with Gasteiger partial charge in [0.2, 0.25) is 0 Å². The van der Waals surface area contributed by atoms with E-state index in [1.165, 1.54) is 10.8 Å². The lowest BCUT2D eigenvalue weighted by Gasteiger charge is -2.18. The Morgan fingerprint density at radius 2 is 1.18 bits per heavy atom. The first-order valence-electron chi connectivity index (χ1n) is 14.6. The summed E-state index contributed by atoms with van der Waals surface area (Å²) in [6.45, 7) is 0. The smallest absolute Gasteiger partial charge is 0.136 e. The molecule has 0 saturated carbocycles. The van der Waals surface area contributed by atoms with Gasteiger partial charge in [-0.05, 0) is 45.7 Å². The lowest BCUT2D eigenvalue weighted by atomic mass is 9.86. The molecule has 9 rings (SSSR count). The quantitative estimate of drug-likeness (QED) is 0.231. The fraction of sp³-hybridized carbons (Fsp3) is 0. The summed E-state index contributed by atoms with van der Waals surface area (Å²) in [4.78, 5) is 3.73. The van der Waals surface area contributed by atoms with E-state index in [1.807, 2.05) is 36.5 Å². The lowest BCUT2D eigenvalue weighted by molar-refractivity contribution is 0.669. The van der Waals surface area contributed by atoms with Gasteiger partial charge in [-0.3, -0.25) is 0 Å². The highest BCUT2D eigenvalue weighted by Gasteiger charge is 2.23. The molecule has 5 heteroatoms. The Morgan fingerprint density at radius 1 is 0.500 bits per heavy atom. The lowest BCUT2D eigenvalue weighted by Crippen LogP contribution is -1.98. The Kier molecular flexibility index (Phi) is 5.43. The summed E-state index contributed by atoms with van der Waals surface area (Å²) in [5.41, 5.74) is 12.0. The molecule has 0 aliphatic carbocycles. The molecular formula is C39H24N4O. The molecule has 0 saturated heterocycles. The molecule has 0 atom stereocenters. The van der Waals surface area contributed by atoms with Crippen molar-refractivity contribution in [2.24, 2.45) is 0 Å². The van der Waals surface area contributed by atoms with Gasteiger partial charge in [0.25, 0.3) is 0 Å². The van der Waals surface area contributed by atoms with Crippen molar-refractivity contribution in [3.05, 3.63) is 140 Å². The van der Waals surface area contributed by atoms with Crippen LogP contribution in [-0.4, -0.2) is 20.4 Å². The molecule has 206 valence electrons. The van der Waals surface area contributed by atoms with Crippen molar-refractivity contribution >= 4 is 43.7 Å². The van der Waals surface area contributed by atoms with Gasteiger partial charge in [0.15, 0.2) is 0 Å². The largest absolute Gasteiger partial charge is 0.456 e. The number of H-pyrrole nitrogens is 1. The van der Waals surface area contributed by atoms with Gasteiger partial charge in [-0.2, -0.15) is 0 Å². The van der Waals surface area contributed by atoms with Crippen molar-refractivity contribution < 1.29 is 4.42 Å². The molecule has 6 aromatic carbocycles. The minimum absolute atomic E-state index is 0.757. The zero-order chi connectivity index (χ0) is 29.0. The third-order valence-corrected chi connectivity index (χ3v) is 8.55. The number of nitrogens with zero attached hydrogens (tertiary/aromatic N) is 3. The SMILES string of the molecule is c1ccc(-c2cccc(-c3cnnnc3-c3cccc4oc5ccccc5c34)c2-c2cccc3c2[nH]c2ccccc23)cc1. The molecule has 0 aliphatic heterocycles. The van der Waals surface area contributed by atoms with Crippen molar-refractivity contribution in [1.29, 1.82) is 0 Å². The van der Waals surface area contributed by atoms with Gasteiger partial charge in [0.1, 0.15) is 16.9 Å². The number of benzene rings is 6. The molecule has 0 radical (unpaired) electrons. The maximum atomic E-state index is 6.24. The normalized spacial score (nSPS) is 11.6. The summed E-state index contributed by atoms with van der Waals surface area (Å²) >= 11 is 0. The van der Waals surface area contributed by atoms with Crippen LogP contribution < -0.4 is 0 Å². The van der Waals surface area contributed by atoms with Gasteiger partial charge < -0.3 is 9.40 Å². The van der Waals surface area contributed by atoms with Crippen LogP contribution in [0.25, 0.3) is 88.4 Å². The fourth-order valence-electron chi connectivity index (χ4n) is 6.64. The van der Waals surface area contributed by atoms with Crippen molar-refractivity contribution in [2.75, 3.05) is 0 Å². The summed E-state index contributed by atoms with van der Waals surface area (Å²) in [6.07, 6.45) is 1.84. The van der Waals surface area contributed by atoms with Crippen molar-refractivity contribution in [3.63, 3.8) is 0 Å². The van der Waals surface area contributed by atoms with E-state index in [9.17, 15) is 0 Å². The molecule has 3 aromatic heterocycles. The third-order valence-electron chi connectivity index (χ3n) is 8.55. The Hall–Kier alpha value is -6.07. The number of para-hydroxylation sites is 3. The number of hydrogen-bond donors (Lipinski definition) is 1. The van der Waals surface area contributed by atoms with E-state index in [0.717, 1.165) is 77.6 Å². The molecular weight excluding hydrogens is 540 g/mol. The van der Waals surface area contributed by atoms with Crippen LogP contribution in [-0.2, 0) is 0 Å². The first-order valence-corrected chi connectivity index (χ1v) is 14.6. The molecule has 5 nitrogen and oxygen atoms in total. The van der Waals surface area contributed by atoms with E-state index in [1.54, 1.807) is 0 Å². The van der Waals surface area contributed by atoms with Crippen LogP contribution in [0.4, 0.5) is 0 Å². The van der Waals surface area contributed by atoms with Gasteiger partial charge in [-0.15, -0.1) is 10.2 Å². The highest BCUT2D eigenvalue weighted by atomic mass is 16.3. The first-order chi connectivity index (χ1) is 21.8. The van der Waals surface area contributed by atoms with Gasteiger partial charge in [0, 0.05) is 43.8 Å². The van der Waals surface area contributed by atoms with Crippen molar-refractivity contribution in [2.45, 2.75) is 0 Å². The second-order valence-corrected chi connectivity index (χ2v) is 11.0. The topological polar surface area (TPSA) is 67.6 Å². The van der Waals surface area contributed by atoms with Gasteiger partial charge in [0.05, 0.1) is 11.7 Å². The number of aromatic nitrogens is 4. The van der Waals surface area contributed by atoms with E-state index in [4.69, 9.17) is 4.42 Å². The van der Waals surface area contributed by atoms with E-state index in [-0.39, 0.29) is 0 Å². The summed E-state index contributed by atoms with van der Waals surface area (Å²) in [5, 5.41) is 17.6. The minimum atomic E-state index is 0.757. The van der Waals surface area contributed by atoms with Gasteiger partial charge in [-0.25, -0.2) is 0 Å². The van der Waals surface area contributed by atoms with E-state index < -0.39 is 0 Å². The Labute approximate surface area is 252 Å². The molecule has 1 N–H and O–H groups in total. The van der Waals surface area contributed by atoms with Crippen LogP contribution in [0.5, 0.6) is 0 Å². The average molecular weight is 565 g/mol. The Morgan fingerprint density at radius 3 is 2.11 bits per heavy atom. The second-order valence-electron chi connectivity index (χ2n) is 11.0. The standard InChI is InChI=1S/C39H24N4O/c1-2-11-24(12-3-1)25-15-8-16-27(36(25)30-18-9-17-28-26-13-4-6-20-33(26)41-38(28)30)32-23-40-43-42-39(32)31-19-10-22-35-37(31)29-14-5-7-21-34(29)44-35/h1-23,41H. The predicted octanol–water partition coefficient (Wildman–Crippen LogP) is 10.1. The van der Waals surface area contributed by atoms with Crippen LogP contribution in [0.2, 0.25) is 0 Å². The first kappa shape index (κ1) is 24.5. The van der Waals surface area contributed by atoms with Crippen molar-refractivity contribution in [3.8, 4) is 44.6 Å². The number of nitrogens with one attached hydrogen (secondary N) is 1. The third kappa shape index (κ3) is 3.69. The molecule has 0 spiro atoms. The number of furan rings is 1. The highest BCUT2D eigenvalue weighted by molar-refractivity contribution is 6.16. The fourth-order valence-corrected chi connectivity index (χ4v) is 6.64. The monoisotopic (exact) mass is 564 g/mol. The number of aromatic amines is 1. The minimum Gasteiger partial charge on any atom is -0.456 e. The molecule has 3 heterocycles. The average Bonchev–Trinajstić information content (AvgIpc) is 3.67. The maximum Gasteiger partial charge on any atom is 0.136 e. The summed E-state index contributed by atoms with van der Waals surface area (Å²) < 4.78 is 6.24. The van der Waals surface area contributed by atoms with E-state index >= 15 is 0 Å². The molecule has 0 bridgehead atoms. The molecule has 0 aliphatic rings. The van der Waals surface area contributed by atoms with Crippen LogP contribution in [0.1, 0.15) is 0 Å². The molecule has 0 fully saturated rings. The number of fused-ring (bicyclic) bond motifs is 6. The van der Waals surface area contributed by atoms with E-state index in [0.29, 0.717) is 0 Å². The summed E-state index contributed by atoms with van der Waals surface area (Å²) in [7, 11) is 0. The Bertz CT molecular complexity index is 2510. The number of hydrogen-bond acceptors (Lipinski definition) is 4. The van der Waals surface area contributed by atoms with Gasteiger partial charge >= 0.3 is 0 Å². The van der Waals surface area contributed by atoms with E-state index in [2.05, 4.69) is 124 Å². The summed E-state index contributed by atoms with van der Waals surface area (Å²) in [6, 6.07) is 46.3. The number of rotatable bonds is 4. The zero-order valence-electron chi connectivity index (χ0n) is 23.5. The van der Waals surface area contributed by atoms with Crippen LogP contribution in [0, 0.1) is 0 Å². The molecule has 9 aromatic rings. The van der Waals surface area contributed by atoms with Crippen LogP contribution >= 0.6 is 0 Å². The summed E-state index contributed by atoms with van der Waals surface area (Å²) in [5.74, 6) is 0. The van der Waals surface area contributed by atoms with Crippen LogP contribution in [0.15, 0.2) is 144 Å². The molecule has 44 heavy (non-hydrogen) atoms.